The van der Waals surface area contributed by atoms with Crippen molar-refractivity contribution in [1.82, 2.24) is 25.0 Å². The van der Waals surface area contributed by atoms with E-state index in [2.05, 4.69) is 33.1 Å². The third-order valence-electron chi connectivity index (χ3n) is 5.19. The van der Waals surface area contributed by atoms with E-state index in [1.165, 1.54) is 0 Å². The predicted octanol–water partition coefficient (Wildman–Crippen LogP) is 0.582. The van der Waals surface area contributed by atoms with E-state index in [1.807, 2.05) is 17.2 Å². The topological polar surface area (TPSA) is 51.7 Å². The number of pyridine rings is 1. The van der Waals surface area contributed by atoms with E-state index in [1.54, 1.807) is 6.20 Å². The number of carbonyl (C=O) groups excluding carboxylic acids is 1. The van der Waals surface area contributed by atoms with Gasteiger partial charge in [-0.3, -0.25) is 9.78 Å². The maximum absolute atomic E-state index is 12.8. The van der Waals surface area contributed by atoms with Gasteiger partial charge in [0.2, 0.25) is 5.91 Å². The molecule has 1 aromatic heterocycles. The molecule has 6 heteroatoms. The zero-order valence-electron chi connectivity index (χ0n) is 14.7. The second-order valence-corrected chi connectivity index (χ2v) is 6.62. The summed E-state index contributed by atoms with van der Waals surface area (Å²) in [7, 11) is 0. The van der Waals surface area contributed by atoms with E-state index in [4.69, 9.17) is 0 Å². The monoisotopic (exact) mass is 331 g/mol. The molecule has 132 valence electrons. The molecule has 2 saturated heterocycles. The fourth-order valence-electron chi connectivity index (χ4n) is 3.60. The maximum Gasteiger partial charge on any atom is 0.224 e. The van der Waals surface area contributed by atoms with Crippen LogP contribution in [0.3, 0.4) is 0 Å². The highest BCUT2D eigenvalue weighted by atomic mass is 16.2. The second-order valence-electron chi connectivity index (χ2n) is 6.62. The van der Waals surface area contributed by atoms with Crippen LogP contribution in [0.15, 0.2) is 24.5 Å². The second kappa shape index (κ2) is 8.55. The first-order valence-corrected chi connectivity index (χ1v) is 9.12. The molecular weight excluding hydrogens is 302 g/mol. The van der Waals surface area contributed by atoms with Gasteiger partial charge in [-0.05, 0) is 18.2 Å². The Balaban J connectivity index is 1.53. The fourth-order valence-corrected chi connectivity index (χ4v) is 3.60. The minimum absolute atomic E-state index is 0.108. The number of carbonyl (C=O) groups is 1. The summed E-state index contributed by atoms with van der Waals surface area (Å²) in [6.07, 6.45) is 4.27. The van der Waals surface area contributed by atoms with E-state index >= 15 is 0 Å². The molecule has 0 aromatic carbocycles. The molecule has 1 atom stereocenters. The molecule has 24 heavy (non-hydrogen) atoms. The molecule has 2 fully saturated rings. The Labute approximate surface area is 144 Å². The Morgan fingerprint density at radius 3 is 2.75 bits per heavy atom. The number of amides is 1. The van der Waals surface area contributed by atoms with Gasteiger partial charge in [0, 0.05) is 71.2 Å². The molecule has 0 spiro atoms. The van der Waals surface area contributed by atoms with Crippen molar-refractivity contribution in [3.8, 4) is 0 Å². The number of aromatic nitrogens is 1. The number of nitrogens with one attached hydrogen (secondary N) is 1. The maximum atomic E-state index is 12.8. The average Bonchev–Trinajstić information content (AvgIpc) is 2.67. The van der Waals surface area contributed by atoms with Crippen LogP contribution in [0.5, 0.6) is 0 Å². The van der Waals surface area contributed by atoms with Crippen molar-refractivity contribution in [3.05, 3.63) is 30.1 Å². The van der Waals surface area contributed by atoms with Crippen molar-refractivity contribution >= 4 is 5.91 Å². The lowest BCUT2D eigenvalue weighted by atomic mass is 10.0. The SMILES string of the molecule is CCN1CCN(CCC(=O)N2CCNCC2c2cccnc2)CC1. The fraction of sp³-hybridized carbons (Fsp3) is 0.667. The molecule has 0 bridgehead atoms. The molecule has 3 rings (SSSR count). The summed E-state index contributed by atoms with van der Waals surface area (Å²) in [6.45, 7) is 11.1. The van der Waals surface area contributed by atoms with Crippen LogP contribution >= 0.6 is 0 Å². The standard InChI is InChI=1S/C18H29N5O/c1-2-21-10-12-22(13-11-21)8-5-18(24)23-9-7-20-15-17(23)16-4-3-6-19-14-16/h3-4,6,14,17,20H,2,5,7-13,15H2,1H3. The highest BCUT2D eigenvalue weighted by molar-refractivity contribution is 5.77. The van der Waals surface area contributed by atoms with E-state index in [9.17, 15) is 4.79 Å². The zero-order chi connectivity index (χ0) is 16.8. The van der Waals surface area contributed by atoms with Gasteiger partial charge in [0.1, 0.15) is 0 Å². The molecule has 3 heterocycles. The molecule has 2 aliphatic rings. The molecular formula is C18H29N5O. The summed E-state index contributed by atoms with van der Waals surface area (Å²) in [4.78, 5) is 23.9. The minimum Gasteiger partial charge on any atom is -0.333 e. The van der Waals surface area contributed by atoms with Crippen molar-refractivity contribution in [1.29, 1.82) is 0 Å². The van der Waals surface area contributed by atoms with Crippen LogP contribution in [0.4, 0.5) is 0 Å². The van der Waals surface area contributed by atoms with Crippen molar-refractivity contribution in [2.24, 2.45) is 0 Å². The molecule has 1 amide bonds. The van der Waals surface area contributed by atoms with Gasteiger partial charge in [0.15, 0.2) is 0 Å². The molecule has 0 saturated carbocycles. The first-order chi connectivity index (χ1) is 11.8. The van der Waals surface area contributed by atoms with Crippen LogP contribution in [0.25, 0.3) is 0 Å². The smallest absolute Gasteiger partial charge is 0.224 e. The lowest BCUT2D eigenvalue weighted by molar-refractivity contribution is -0.135. The summed E-state index contributed by atoms with van der Waals surface area (Å²) in [5.41, 5.74) is 1.12. The Bertz CT molecular complexity index is 515. The number of nitrogens with zero attached hydrogens (tertiary/aromatic N) is 4. The number of piperazine rings is 2. The zero-order valence-corrected chi connectivity index (χ0v) is 14.7. The Morgan fingerprint density at radius 1 is 1.25 bits per heavy atom. The number of likely N-dealkylation sites (N-methyl/N-ethyl adjacent to an activating group) is 1. The van der Waals surface area contributed by atoms with Crippen molar-refractivity contribution in [2.75, 3.05) is 58.9 Å². The first-order valence-electron chi connectivity index (χ1n) is 9.12. The van der Waals surface area contributed by atoms with Gasteiger partial charge >= 0.3 is 0 Å². The first kappa shape index (κ1) is 17.3. The van der Waals surface area contributed by atoms with Crippen LogP contribution in [0.1, 0.15) is 24.9 Å². The van der Waals surface area contributed by atoms with Crippen molar-refractivity contribution < 1.29 is 4.79 Å². The van der Waals surface area contributed by atoms with Gasteiger partial charge in [-0.25, -0.2) is 0 Å². The quantitative estimate of drug-likeness (QED) is 0.855. The van der Waals surface area contributed by atoms with Crippen LogP contribution < -0.4 is 5.32 Å². The molecule has 0 radical (unpaired) electrons. The highest BCUT2D eigenvalue weighted by Crippen LogP contribution is 2.22. The molecule has 6 nitrogen and oxygen atoms in total. The lowest BCUT2D eigenvalue weighted by Crippen LogP contribution is -2.50. The van der Waals surface area contributed by atoms with Crippen LogP contribution in [-0.4, -0.2) is 84.5 Å². The Morgan fingerprint density at radius 2 is 2.04 bits per heavy atom. The number of hydrogen-bond acceptors (Lipinski definition) is 5. The minimum atomic E-state index is 0.108. The third-order valence-corrected chi connectivity index (χ3v) is 5.19. The average molecular weight is 331 g/mol. The van der Waals surface area contributed by atoms with Crippen LogP contribution in [0, 0.1) is 0 Å². The summed E-state index contributed by atoms with van der Waals surface area (Å²) in [5.74, 6) is 0.267. The van der Waals surface area contributed by atoms with Gasteiger partial charge in [-0.15, -0.1) is 0 Å². The van der Waals surface area contributed by atoms with E-state index in [0.717, 1.165) is 64.5 Å². The molecule has 2 aliphatic heterocycles. The van der Waals surface area contributed by atoms with Crippen LogP contribution in [-0.2, 0) is 4.79 Å². The lowest BCUT2D eigenvalue weighted by Gasteiger charge is -2.38. The Hall–Kier alpha value is -1.50. The molecule has 1 aromatic rings. The highest BCUT2D eigenvalue weighted by Gasteiger charge is 2.28. The van der Waals surface area contributed by atoms with E-state index < -0.39 is 0 Å². The van der Waals surface area contributed by atoms with Gasteiger partial charge < -0.3 is 20.0 Å². The number of hydrogen-bond donors (Lipinski definition) is 1. The van der Waals surface area contributed by atoms with Crippen molar-refractivity contribution in [2.45, 2.75) is 19.4 Å². The van der Waals surface area contributed by atoms with Gasteiger partial charge in [0.25, 0.3) is 0 Å². The van der Waals surface area contributed by atoms with Gasteiger partial charge in [-0.1, -0.05) is 13.0 Å². The molecule has 1 N–H and O–H groups in total. The summed E-state index contributed by atoms with van der Waals surface area (Å²) in [6, 6.07) is 4.12. The normalized spacial score (nSPS) is 23.4. The van der Waals surface area contributed by atoms with Gasteiger partial charge in [-0.2, -0.15) is 0 Å². The largest absolute Gasteiger partial charge is 0.333 e. The van der Waals surface area contributed by atoms with Crippen molar-refractivity contribution in [3.63, 3.8) is 0 Å². The van der Waals surface area contributed by atoms with Crippen LogP contribution in [0.2, 0.25) is 0 Å². The summed E-state index contributed by atoms with van der Waals surface area (Å²) < 4.78 is 0. The predicted molar refractivity (Wildman–Crippen MR) is 94.7 cm³/mol. The third kappa shape index (κ3) is 4.32. The van der Waals surface area contributed by atoms with Gasteiger partial charge in [0.05, 0.1) is 6.04 Å². The molecule has 1 unspecified atom stereocenters. The van der Waals surface area contributed by atoms with E-state index in [-0.39, 0.29) is 11.9 Å². The summed E-state index contributed by atoms with van der Waals surface area (Å²) in [5, 5.41) is 3.40. The molecule has 0 aliphatic carbocycles. The van der Waals surface area contributed by atoms with E-state index in [0.29, 0.717) is 6.42 Å². The summed E-state index contributed by atoms with van der Waals surface area (Å²) >= 11 is 0. The Kier molecular flexibility index (Phi) is 6.18. The number of rotatable bonds is 5.